The number of aromatic amines is 1. The summed E-state index contributed by atoms with van der Waals surface area (Å²) in [7, 11) is 0. The molecule has 4 rings (SSSR count). The van der Waals surface area contributed by atoms with E-state index < -0.39 is 0 Å². The molecule has 1 aromatic carbocycles. The second kappa shape index (κ2) is 6.88. The van der Waals surface area contributed by atoms with Crippen LogP contribution in [0.15, 0.2) is 42.7 Å². The lowest BCUT2D eigenvalue weighted by Gasteiger charge is -2.26. The molecule has 0 bridgehead atoms. The highest BCUT2D eigenvalue weighted by atomic mass is 19.1. The van der Waals surface area contributed by atoms with E-state index in [2.05, 4.69) is 15.3 Å². The maximum Gasteiger partial charge on any atom is 0.251 e. The number of nitrogens with zero attached hydrogens (tertiary/aromatic N) is 1. The predicted molar refractivity (Wildman–Crippen MR) is 97.2 cm³/mol. The van der Waals surface area contributed by atoms with Crippen molar-refractivity contribution in [3.63, 3.8) is 0 Å². The largest absolute Gasteiger partial charge is 0.393 e. The van der Waals surface area contributed by atoms with Crippen molar-refractivity contribution in [1.29, 1.82) is 0 Å². The van der Waals surface area contributed by atoms with E-state index in [-0.39, 0.29) is 23.9 Å². The summed E-state index contributed by atoms with van der Waals surface area (Å²) in [6, 6.07) is 9.07. The number of benzene rings is 1. The number of carbonyl (C=O) groups excluding carboxylic acids is 1. The Labute approximate surface area is 150 Å². The number of pyridine rings is 1. The molecule has 3 N–H and O–H groups in total. The van der Waals surface area contributed by atoms with Gasteiger partial charge < -0.3 is 15.4 Å². The van der Waals surface area contributed by atoms with Crippen molar-refractivity contribution in [2.24, 2.45) is 0 Å². The predicted octanol–water partition coefficient (Wildman–Crippen LogP) is 3.40. The highest BCUT2D eigenvalue weighted by Gasteiger charge is 2.21. The van der Waals surface area contributed by atoms with Gasteiger partial charge in [0.15, 0.2) is 5.82 Å². The van der Waals surface area contributed by atoms with E-state index in [9.17, 15) is 14.3 Å². The number of amides is 1. The fourth-order valence-corrected chi connectivity index (χ4v) is 3.52. The molecule has 1 amide bonds. The number of aromatic nitrogens is 2. The van der Waals surface area contributed by atoms with E-state index in [0.29, 0.717) is 22.2 Å². The summed E-state index contributed by atoms with van der Waals surface area (Å²) in [5, 5.41) is 13.3. The first-order valence-electron chi connectivity index (χ1n) is 8.83. The second-order valence-corrected chi connectivity index (χ2v) is 6.78. The fourth-order valence-electron chi connectivity index (χ4n) is 3.52. The lowest BCUT2D eigenvalue weighted by Crippen LogP contribution is -2.38. The average Bonchev–Trinajstić information content (AvgIpc) is 3.15. The third-order valence-electron chi connectivity index (χ3n) is 5.00. The van der Waals surface area contributed by atoms with Crippen molar-refractivity contribution in [3.05, 3.63) is 54.1 Å². The summed E-state index contributed by atoms with van der Waals surface area (Å²) in [6.07, 6.45) is 5.70. The van der Waals surface area contributed by atoms with Crippen LogP contribution >= 0.6 is 0 Å². The summed E-state index contributed by atoms with van der Waals surface area (Å²) in [6.45, 7) is 0. The van der Waals surface area contributed by atoms with E-state index in [1.165, 1.54) is 6.20 Å². The number of rotatable bonds is 3. The van der Waals surface area contributed by atoms with Crippen molar-refractivity contribution in [3.8, 4) is 11.3 Å². The van der Waals surface area contributed by atoms with E-state index >= 15 is 0 Å². The molecular weight excluding hydrogens is 333 g/mol. The summed E-state index contributed by atoms with van der Waals surface area (Å²) in [5.41, 5.74) is 2.51. The van der Waals surface area contributed by atoms with Gasteiger partial charge in [0.05, 0.1) is 23.5 Å². The van der Waals surface area contributed by atoms with Gasteiger partial charge in [-0.15, -0.1) is 0 Å². The van der Waals surface area contributed by atoms with Gasteiger partial charge in [-0.3, -0.25) is 9.78 Å². The third-order valence-corrected chi connectivity index (χ3v) is 5.00. The van der Waals surface area contributed by atoms with Crippen molar-refractivity contribution in [1.82, 2.24) is 15.3 Å². The topological polar surface area (TPSA) is 78.0 Å². The Balaban J connectivity index is 1.52. The first-order chi connectivity index (χ1) is 12.6. The van der Waals surface area contributed by atoms with Crippen LogP contribution in [0.2, 0.25) is 0 Å². The Morgan fingerprint density at radius 1 is 1.15 bits per heavy atom. The highest BCUT2D eigenvalue weighted by molar-refractivity contribution is 5.96. The maximum absolute atomic E-state index is 13.8. The normalized spacial score (nSPS) is 20.2. The molecule has 1 fully saturated rings. The molecule has 1 aliphatic carbocycles. The summed E-state index contributed by atoms with van der Waals surface area (Å²) >= 11 is 0. The van der Waals surface area contributed by atoms with Crippen molar-refractivity contribution in [2.75, 3.05) is 0 Å². The van der Waals surface area contributed by atoms with Crippen molar-refractivity contribution >= 4 is 16.8 Å². The molecule has 0 radical (unpaired) electrons. The zero-order valence-electron chi connectivity index (χ0n) is 14.2. The minimum absolute atomic E-state index is 0.114. The Kier molecular flexibility index (Phi) is 4.42. The van der Waals surface area contributed by atoms with Gasteiger partial charge in [0.2, 0.25) is 0 Å². The molecule has 0 spiro atoms. The van der Waals surface area contributed by atoms with E-state index in [0.717, 1.165) is 31.2 Å². The summed E-state index contributed by atoms with van der Waals surface area (Å²) in [4.78, 5) is 19.5. The van der Waals surface area contributed by atoms with Crippen LogP contribution in [0, 0.1) is 5.82 Å². The van der Waals surface area contributed by atoms with E-state index in [1.54, 1.807) is 24.4 Å². The number of fused-ring (bicyclic) bond motifs is 1. The van der Waals surface area contributed by atoms with Crippen LogP contribution < -0.4 is 5.32 Å². The molecule has 26 heavy (non-hydrogen) atoms. The van der Waals surface area contributed by atoms with Gasteiger partial charge in [0, 0.05) is 28.8 Å². The molecular formula is C20H20FN3O2. The first-order valence-corrected chi connectivity index (χ1v) is 8.83. The number of carbonyl (C=O) groups is 1. The van der Waals surface area contributed by atoms with Crippen LogP contribution in [0.3, 0.4) is 0 Å². The Bertz CT molecular complexity index is 928. The lowest BCUT2D eigenvalue weighted by atomic mass is 9.93. The lowest BCUT2D eigenvalue weighted by molar-refractivity contribution is 0.0867. The summed E-state index contributed by atoms with van der Waals surface area (Å²) < 4.78 is 13.8. The maximum atomic E-state index is 13.8. The molecule has 1 aliphatic rings. The zero-order chi connectivity index (χ0) is 18.1. The number of halogens is 1. The molecule has 2 aromatic heterocycles. The summed E-state index contributed by atoms with van der Waals surface area (Å²) in [5.74, 6) is -0.501. The minimum atomic E-state index is -0.387. The number of nitrogens with one attached hydrogen (secondary N) is 2. The number of hydrogen-bond acceptors (Lipinski definition) is 3. The van der Waals surface area contributed by atoms with Crippen LogP contribution in [-0.4, -0.2) is 33.1 Å². The van der Waals surface area contributed by atoms with Gasteiger partial charge in [0.25, 0.3) is 5.91 Å². The molecule has 2 heterocycles. The average molecular weight is 353 g/mol. The number of H-pyrrole nitrogens is 1. The molecule has 0 saturated heterocycles. The van der Waals surface area contributed by atoms with Gasteiger partial charge >= 0.3 is 0 Å². The van der Waals surface area contributed by atoms with Crippen LogP contribution in [0.4, 0.5) is 4.39 Å². The molecule has 0 unspecified atom stereocenters. The van der Waals surface area contributed by atoms with Crippen LogP contribution in [0.5, 0.6) is 0 Å². The second-order valence-electron chi connectivity index (χ2n) is 6.78. The van der Waals surface area contributed by atoms with E-state index in [1.807, 2.05) is 12.1 Å². The fraction of sp³-hybridized carbons (Fsp3) is 0.300. The minimum Gasteiger partial charge on any atom is -0.393 e. The Morgan fingerprint density at radius 2 is 1.88 bits per heavy atom. The molecule has 1 saturated carbocycles. The SMILES string of the molecule is O=C(N[C@H]1CC[C@H](O)CC1)c1ccc(-c2ncc(F)c3[nH]ccc23)cc1. The van der Waals surface area contributed by atoms with Gasteiger partial charge in [-0.05, 0) is 43.9 Å². The van der Waals surface area contributed by atoms with Crippen LogP contribution in [0.1, 0.15) is 36.0 Å². The quantitative estimate of drug-likeness (QED) is 0.675. The van der Waals surface area contributed by atoms with Crippen LogP contribution in [-0.2, 0) is 0 Å². The van der Waals surface area contributed by atoms with Gasteiger partial charge in [-0.2, -0.15) is 0 Å². The number of hydrogen-bond donors (Lipinski definition) is 3. The van der Waals surface area contributed by atoms with Crippen molar-refractivity contribution in [2.45, 2.75) is 37.8 Å². The molecule has 0 atom stereocenters. The van der Waals surface area contributed by atoms with E-state index in [4.69, 9.17) is 0 Å². The van der Waals surface area contributed by atoms with Gasteiger partial charge in [0.1, 0.15) is 0 Å². The molecule has 3 aromatic rings. The smallest absolute Gasteiger partial charge is 0.251 e. The van der Waals surface area contributed by atoms with Gasteiger partial charge in [-0.25, -0.2) is 4.39 Å². The highest BCUT2D eigenvalue weighted by Crippen LogP contribution is 2.27. The van der Waals surface area contributed by atoms with Crippen molar-refractivity contribution < 1.29 is 14.3 Å². The first kappa shape index (κ1) is 16.7. The molecule has 5 nitrogen and oxygen atoms in total. The Hall–Kier alpha value is -2.73. The zero-order valence-corrected chi connectivity index (χ0v) is 14.2. The van der Waals surface area contributed by atoms with Gasteiger partial charge in [-0.1, -0.05) is 12.1 Å². The number of aliphatic hydroxyl groups is 1. The third kappa shape index (κ3) is 3.20. The molecule has 0 aliphatic heterocycles. The number of aliphatic hydroxyl groups excluding tert-OH is 1. The van der Waals surface area contributed by atoms with Crippen LogP contribution in [0.25, 0.3) is 22.2 Å². The molecule has 134 valence electrons. The molecule has 6 heteroatoms. The monoisotopic (exact) mass is 353 g/mol. The Morgan fingerprint density at radius 3 is 2.62 bits per heavy atom. The standard InChI is InChI=1S/C20H20FN3O2/c21-17-11-23-18(16-9-10-22-19(16)17)12-1-3-13(4-2-12)20(26)24-14-5-7-15(25)8-6-14/h1-4,9-11,14-15,22,25H,5-8H2,(H,24,26)/t14-,15-.